The zero-order valence-corrected chi connectivity index (χ0v) is 19.9. The Balaban J connectivity index is 1.18. The maximum absolute atomic E-state index is 13.4. The maximum Gasteiger partial charge on any atom is 0.409 e. The number of piperazine rings is 1. The molecule has 1 heterocycles. The molecule has 2 N–H and O–H groups in total. The van der Waals surface area contributed by atoms with Crippen molar-refractivity contribution in [3.05, 3.63) is 83.4 Å². The second-order valence-corrected chi connectivity index (χ2v) is 10.3. The number of anilines is 1. The quantitative estimate of drug-likeness (QED) is 0.425. The fourth-order valence-electron chi connectivity index (χ4n) is 4.95. The number of carbonyl (C=O) groups excluding carboxylic acids is 1. The molecule has 0 bridgehead atoms. The van der Waals surface area contributed by atoms with Crippen LogP contribution in [-0.4, -0.2) is 57.1 Å². The summed E-state index contributed by atoms with van der Waals surface area (Å²) >= 11 is 0. The number of amides is 1. The van der Waals surface area contributed by atoms with Crippen molar-refractivity contribution in [2.24, 2.45) is 0 Å². The summed E-state index contributed by atoms with van der Waals surface area (Å²) in [5.74, 6) is 0.0113. The summed E-state index contributed by atoms with van der Waals surface area (Å²) in [7, 11) is -4.83. The first kappa shape index (κ1) is 23.3. The van der Waals surface area contributed by atoms with Gasteiger partial charge in [0.15, 0.2) is 0 Å². The van der Waals surface area contributed by atoms with Gasteiger partial charge in [-0.25, -0.2) is 4.79 Å². The Hall–Kier alpha value is -3.43. The molecule has 0 radical (unpaired) electrons. The number of halogens is 1. The highest BCUT2D eigenvalue weighted by Gasteiger charge is 2.30. The van der Waals surface area contributed by atoms with Crippen LogP contribution in [0.25, 0.3) is 11.1 Å². The summed E-state index contributed by atoms with van der Waals surface area (Å²) < 4.78 is 41.6. The van der Waals surface area contributed by atoms with Crippen molar-refractivity contribution in [3.63, 3.8) is 0 Å². The summed E-state index contributed by atoms with van der Waals surface area (Å²) in [5, 5.41) is 0. The zero-order valence-electron chi connectivity index (χ0n) is 19.1. The lowest BCUT2D eigenvalue weighted by Gasteiger charge is -2.34. The molecular formula is C26H26FN3O4S. The topological polar surface area (TPSA) is 92.9 Å². The maximum atomic E-state index is 13.4. The molecule has 9 heteroatoms. The van der Waals surface area contributed by atoms with Gasteiger partial charge in [0.25, 0.3) is 0 Å². The van der Waals surface area contributed by atoms with Crippen LogP contribution >= 0.6 is 0 Å². The van der Waals surface area contributed by atoms with E-state index >= 15 is 0 Å². The van der Waals surface area contributed by atoms with E-state index in [1.165, 1.54) is 28.3 Å². The lowest BCUT2D eigenvalue weighted by molar-refractivity contribution is 0.0728. The third-order valence-electron chi connectivity index (χ3n) is 6.64. The molecule has 0 atom stereocenters. The first-order valence-electron chi connectivity index (χ1n) is 11.5. The van der Waals surface area contributed by atoms with Crippen molar-refractivity contribution in [1.29, 1.82) is 0 Å². The molecule has 0 unspecified atom stereocenters. The van der Waals surface area contributed by atoms with Gasteiger partial charge >= 0.3 is 16.3 Å². The van der Waals surface area contributed by atoms with Crippen molar-refractivity contribution in [2.75, 3.05) is 38.5 Å². The summed E-state index contributed by atoms with van der Waals surface area (Å²) in [5.41, 5.74) is 11.3. The third kappa shape index (κ3) is 4.87. The molecule has 2 aliphatic rings. The van der Waals surface area contributed by atoms with Gasteiger partial charge in [-0.3, -0.25) is 4.90 Å². The minimum absolute atomic E-state index is 0.0113. The number of ether oxygens (including phenoxy) is 1. The molecule has 1 fully saturated rings. The van der Waals surface area contributed by atoms with E-state index in [1.54, 1.807) is 11.0 Å². The highest BCUT2D eigenvalue weighted by atomic mass is 32.3. The van der Waals surface area contributed by atoms with Gasteiger partial charge in [0.2, 0.25) is 0 Å². The van der Waals surface area contributed by atoms with Crippen LogP contribution in [0.2, 0.25) is 0 Å². The van der Waals surface area contributed by atoms with Crippen LogP contribution in [0.5, 0.6) is 0 Å². The SMILES string of the molecule is Nc1cc(CN2CCN(C(=O)OCC3c4ccccc4-c4ccccc43)CC2)cc(S(=O)(=O)F)c1. The smallest absolute Gasteiger partial charge is 0.409 e. The van der Waals surface area contributed by atoms with E-state index in [0.717, 1.165) is 6.07 Å². The minimum atomic E-state index is -4.83. The normalized spacial score (nSPS) is 16.1. The Morgan fingerprint density at radius 2 is 1.54 bits per heavy atom. The number of nitrogens with zero attached hydrogens (tertiary/aromatic N) is 2. The van der Waals surface area contributed by atoms with Gasteiger partial charge in [0, 0.05) is 44.3 Å². The Bertz CT molecular complexity index is 1330. The fourth-order valence-corrected chi connectivity index (χ4v) is 5.52. The van der Waals surface area contributed by atoms with E-state index in [1.807, 2.05) is 24.3 Å². The molecule has 7 nitrogen and oxygen atoms in total. The minimum Gasteiger partial charge on any atom is -0.448 e. The Morgan fingerprint density at radius 3 is 2.14 bits per heavy atom. The molecule has 3 aromatic rings. The Kier molecular flexibility index (Phi) is 6.21. The van der Waals surface area contributed by atoms with Gasteiger partial charge in [-0.2, -0.15) is 8.42 Å². The van der Waals surface area contributed by atoms with Crippen molar-refractivity contribution in [1.82, 2.24) is 9.80 Å². The Morgan fingerprint density at radius 1 is 0.943 bits per heavy atom. The van der Waals surface area contributed by atoms with Crippen LogP contribution in [0.15, 0.2) is 71.6 Å². The second kappa shape index (κ2) is 9.31. The molecule has 0 spiro atoms. The number of hydrogen-bond donors (Lipinski definition) is 1. The van der Waals surface area contributed by atoms with E-state index in [0.29, 0.717) is 38.3 Å². The van der Waals surface area contributed by atoms with Gasteiger partial charge in [0.05, 0.1) is 0 Å². The van der Waals surface area contributed by atoms with Crippen molar-refractivity contribution in [2.45, 2.75) is 17.4 Å². The molecule has 3 aromatic carbocycles. The molecule has 0 saturated carbocycles. The van der Waals surface area contributed by atoms with Crippen molar-refractivity contribution < 1.29 is 21.8 Å². The number of fused-ring (bicyclic) bond motifs is 3. The van der Waals surface area contributed by atoms with Crippen LogP contribution in [0.1, 0.15) is 22.6 Å². The Labute approximate surface area is 204 Å². The monoisotopic (exact) mass is 495 g/mol. The lowest BCUT2D eigenvalue weighted by Crippen LogP contribution is -2.48. The predicted octanol–water partition coefficient (Wildman–Crippen LogP) is 3.99. The van der Waals surface area contributed by atoms with E-state index < -0.39 is 15.1 Å². The van der Waals surface area contributed by atoms with Crippen LogP contribution in [0.4, 0.5) is 14.4 Å². The molecular weight excluding hydrogens is 469 g/mol. The highest BCUT2D eigenvalue weighted by Crippen LogP contribution is 2.44. The van der Waals surface area contributed by atoms with Crippen LogP contribution < -0.4 is 5.73 Å². The van der Waals surface area contributed by atoms with Gasteiger partial charge < -0.3 is 15.4 Å². The summed E-state index contributed by atoms with van der Waals surface area (Å²) in [6, 6.07) is 20.4. The average Bonchev–Trinajstić information content (AvgIpc) is 3.16. The van der Waals surface area contributed by atoms with Gasteiger partial charge in [-0.15, -0.1) is 3.89 Å². The number of carbonyl (C=O) groups is 1. The predicted molar refractivity (Wildman–Crippen MR) is 131 cm³/mol. The van der Waals surface area contributed by atoms with Crippen molar-refractivity contribution in [3.8, 4) is 11.1 Å². The number of nitrogen functional groups attached to an aromatic ring is 1. The van der Waals surface area contributed by atoms with Crippen LogP contribution in [0, 0.1) is 0 Å². The number of nitrogens with two attached hydrogens (primary N) is 1. The van der Waals surface area contributed by atoms with Crippen LogP contribution in [-0.2, 0) is 21.5 Å². The van der Waals surface area contributed by atoms with Gasteiger partial charge in [0.1, 0.15) is 11.5 Å². The van der Waals surface area contributed by atoms with E-state index in [9.17, 15) is 17.1 Å². The largest absolute Gasteiger partial charge is 0.448 e. The van der Waals surface area contributed by atoms with Crippen molar-refractivity contribution >= 4 is 22.0 Å². The average molecular weight is 496 g/mol. The first-order valence-corrected chi connectivity index (χ1v) is 12.8. The molecule has 182 valence electrons. The summed E-state index contributed by atoms with van der Waals surface area (Å²) in [6.45, 7) is 2.80. The molecule has 0 aromatic heterocycles. The molecule has 1 saturated heterocycles. The van der Waals surface area contributed by atoms with Gasteiger partial charge in [-0.05, 0) is 46.0 Å². The van der Waals surface area contributed by atoms with Gasteiger partial charge in [-0.1, -0.05) is 48.5 Å². The summed E-state index contributed by atoms with van der Waals surface area (Å²) in [6.07, 6.45) is -0.346. The second-order valence-electron chi connectivity index (χ2n) is 8.92. The zero-order chi connectivity index (χ0) is 24.6. The standard InChI is InChI=1S/C26H26FN3O4S/c27-35(32,33)20-14-18(13-19(28)15-20)16-29-9-11-30(12-10-29)26(31)34-17-25-23-7-3-1-5-21(23)22-6-2-4-8-24(22)25/h1-8,13-15,25H,9-12,16-17,28H2. The third-order valence-corrected chi connectivity index (χ3v) is 7.44. The first-order chi connectivity index (χ1) is 16.8. The number of benzene rings is 3. The summed E-state index contributed by atoms with van der Waals surface area (Å²) in [4.78, 5) is 16.1. The van der Waals surface area contributed by atoms with Crippen LogP contribution in [0.3, 0.4) is 0 Å². The highest BCUT2D eigenvalue weighted by molar-refractivity contribution is 7.86. The molecule has 1 amide bonds. The lowest BCUT2D eigenvalue weighted by atomic mass is 9.98. The molecule has 35 heavy (non-hydrogen) atoms. The van der Waals surface area contributed by atoms with E-state index in [2.05, 4.69) is 29.2 Å². The van der Waals surface area contributed by atoms with E-state index in [4.69, 9.17) is 10.5 Å². The number of hydrogen-bond acceptors (Lipinski definition) is 6. The molecule has 1 aliphatic heterocycles. The molecule has 5 rings (SSSR count). The van der Waals surface area contributed by atoms with E-state index in [-0.39, 0.29) is 24.3 Å². The number of rotatable bonds is 5. The fraction of sp³-hybridized carbons (Fsp3) is 0.269. The molecule has 1 aliphatic carbocycles.